The second kappa shape index (κ2) is 6.62. The van der Waals surface area contributed by atoms with Crippen molar-refractivity contribution in [2.75, 3.05) is 13.2 Å². The van der Waals surface area contributed by atoms with Gasteiger partial charge in [0.25, 0.3) is 0 Å². The highest BCUT2D eigenvalue weighted by molar-refractivity contribution is 5.85. The summed E-state index contributed by atoms with van der Waals surface area (Å²) in [5.74, 6) is 1.32. The van der Waals surface area contributed by atoms with E-state index in [0.29, 0.717) is 24.6 Å². The van der Waals surface area contributed by atoms with Crippen LogP contribution in [0.3, 0.4) is 0 Å². The fourth-order valence-corrected chi connectivity index (χ4v) is 2.69. The molecule has 1 heterocycles. The highest BCUT2D eigenvalue weighted by Crippen LogP contribution is 2.40. The van der Waals surface area contributed by atoms with Crippen LogP contribution in [0, 0.1) is 11.3 Å². The molecule has 4 heteroatoms. The van der Waals surface area contributed by atoms with Crippen molar-refractivity contribution in [1.82, 2.24) is 0 Å². The van der Waals surface area contributed by atoms with Crippen LogP contribution in [-0.4, -0.2) is 13.2 Å². The lowest BCUT2D eigenvalue weighted by molar-refractivity contribution is 0.270. The molecule has 0 saturated heterocycles. The van der Waals surface area contributed by atoms with Gasteiger partial charge >= 0.3 is 0 Å². The maximum absolute atomic E-state index is 8.87. The minimum Gasteiger partial charge on any atom is -0.493 e. The summed E-state index contributed by atoms with van der Waals surface area (Å²) in [6.07, 6.45) is 0.973. The monoisotopic (exact) mass is 300 g/mol. The third kappa shape index (κ3) is 2.87. The molecule has 1 atom stereocenters. The lowest BCUT2D eigenvalue weighted by Crippen LogP contribution is -2.21. The first-order chi connectivity index (χ1) is 9.83. The lowest BCUT2D eigenvalue weighted by atomic mass is 9.89. The summed E-state index contributed by atoms with van der Waals surface area (Å²) in [6.45, 7) is 1.36. The highest BCUT2D eigenvalue weighted by Gasteiger charge is 2.22. The molecule has 1 aliphatic heterocycles. The Morgan fingerprint density at radius 1 is 1.19 bits per heavy atom. The van der Waals surface area contributed by atoms with Crippen LogP contribution in [0.5, 0.6) is 5.75 Å². The smallest absolute Gasteiger partial charge is 0.130 e. The Kier molecular flexibility index (Phi) is 4.85. The number of fused-ring (bicyclic) bond motifs is 1. The van der Waals surface area contributed by atoms with Crippen molar-refractivity contribution in [3.8, 4) is 22.9 Å². The van der Waals surface area contributed by atoms with Gasteiger partial charge in [0.1, 0.15) is 5.75 Å². The van der Waals surface area contributed by atoms with E-state index in [1.54, 1.807) is 0 Å². The molecular formula is C17H17ClN2O. The molecule has 21 heavy (non-hydrogen) atoms. The van der Waals surface area contributed by atoms with Crippen LogP contribution in [0.25, 0.3) is 11.1 Å². The fourth-order valence-electron chi connectivity index (χ4n) is 2.69. The molecule has 0 amide bonds. The zero-order valence-electron chi connectivity index (χ0n) is 11.6. The highest BCUT2D eigenvalue weighted by atomic mass is 35.5. The molecule has 0 fully saturated rings. The van der Waals surface area contributed by atoms with Crippen LogP contribution < -0.4 is 10.5 Å². The van der Waals surface area contributed by atoms with E-state index in [2.05, 4.69) is 18.2 Å². The number of para-hydroxylation sites is 1. The van der Waals surface area contributed by atoms with Crippen LogP contribution in [0.1, 0.15) is 23.5 Å². The molecule has 2 N–H and O–H groups in total. The Hall–Kier alpha value is -2.02. The first kappa shape index (κ1) is 15.4. The van der Waals surface area contributed by atoms with Gasteiger partial charge in [0.15, 0.2) is 0 Å². The second-order valence-electron chi connectivity index (χ2n) is 4.98. The predicted molar refractivity (Wildman–Crippen MR) is 85.7 cm³/mol. The van der Waals surface area contributed by atoms with Gasteiger partial charge in [-0.25, -0.2) is 0 Å². The van der Waals surface area contributed by atoms with Crippen LogP contribution in [-0.2, 0) is 0 Å². The summed E-state index contributed by atoms with van der Waals surface area (Å²) >= 11 is 0. The molecule has 1 unspecified atom stereocenters. The summed E-state index contributed by atoms with van der Waals surface area (Å²) in [5.41, 5.74) is 9.86. The SMILES string of the molecule is Cl.N#Cc1ccc(-c2cccc3c2OCCC3CN)cc1. The molecule has 0 aromatic heterocycles. The Morgan fingerprint density at radius 3 is 2.62 bits per heavy atom. The molecule has 0 saturated carbocycles. The summed E-state index contributed by atoms with van der Waals surface area (Å²) < 4.78 is 5.88. The molecule has 3 nitrogen and oxygen atoms in total. The summed E-state index contributed by atoms with van der Waals surface area (Å²) in [7, 11) is 0. The van der Waals surface area contributed by atoms with Crippen LogP contribution in [0.15, 0.2) is 42.5 Å². The van der Waals surface area contributed by atoms with Gasteiger partial charge < -0.3 is 10.5 Å². The minimum atomic E-state index is 0. The normalized spacial score (nSPS) is 16.1. The topological polar surface area (TPSA) is 59.0 Å². The van der Waals surface area contributed by atoms with Crippen molar-refractivity contribution in [3.63, 3.8) is 0 Å². The Bertz CT molecular complexity index is 661. The van der Waals surface area contributed by atoms with E-state index < -0.39 is 0 Å². The number of halogens is 1. The fraction of sp³-hybridized carbons (Fsp3) is 0.235. The van der Waals surface area contributed by atoms with Gasteiger partial charge in [-0.15, -0.1) is 12.4 Å². The molecule has 3 rings (SSSR count). The number of nitrogens with two attached hydrogens (primary N) is 1. The van der Waals surface area contributed by atoms with Gasteiger partial charge in [-0.1, -0.05) is 30.3 Å². The largest absolute Gasteiger partial charge is 0.493 e. The number of rotatable bonds is 2. The van der Waals surface area contributed by atoms with Crippen molar-refractivity contribution in [2.24, 2.45) is 5.73 Å². The maximum Gasteiger partial charge on any atom is 0.130 e. The number of benzene rings is 2. The quantitative estimate of drug-likeness (QED) is 0.924. The van der Waals surface area contributed by atoms with E-state index in [0.717, 1.165) is 23.3 Å². The average Bonchev–Trinajstić information content (AvgIpc) is 2.54. The Morgan fingerprint density at radius 2 is 1.95 bits per heavy atom. The third-order valence-corrected chi connectivity index (χ3v) is 3.81. The van der Waals surface area contributed by atoms with Crippen LogP contribution in [0.2, 0.25) is 0 Å². The molecule has 2 aromatic rings. The summed E-state index contributed by atoms with van der Waals surface area (Å²) in [5, 5.41) is 8.87. The second-order valence-corrected chi connectivity index (χ2v) is 4.98. The molecule has 108 valence electrons. The standard InChI is InChI=1S/C17H16N2O.ClH/c18-10-12-4-6-13(7-5-12)15-2-1-3-16-14(11-19)8-9-20-17(15)16;/h1-7,14H,8-9,11,19H2;1H. The maximum atomic E-state index is 8.87. The van der Waals surface area contributed by atoms with E-state index >= 15 is 0 Å². The van der Waals surface area contributed by atoms with Crippen molar-refractivity contribution < 1.29 is 4.74 Å². The average molecular weight is 301 g/mol. The van der Waals surface area contributed by atoms with Gasteiger partial charge in [-0.2, -0.15) is 5.26 Å². The summed E-state index contributed by atoms with van der Waals surface area (Å²) in [4.78, 5) is 0. The molecule has 0 radical (unpaired) electrons. The van der Waals surface area contributed by atoms with Crippen molar-refractivity contribution >= 4 is 12.4 Å². The zero-order valence-corrected chi connectivity index (χ0v) is 12.4. The van der Waals surface area contributed by atoms with Gasteiger partial charge in [0, 0.05) is 11.5 Å². The molecular weight excluding hydrogens is 284 g/mol. The first-order valence-corrected chi connectivity index (χ1v) is 6.80. The van der Waals surface area contributed by atoms with Crippen molar-refractivity contribution in [1.29, 1.82) is 5.26 Å². The number of nitriles is 1. The number of hydrogen-bond donors (Lipinski definition) is 1. The molecule has 1 aliphatic rings. The van der Waals surface area contributed by atoms with E-state index in [9.17, 15) is 0 Å². The van der Waals surface area contributed by atoms with Crippen LogP contribution in [0.4, 0.5) is 0 Å². The van der Waals surface area contributed by atoms with E-state index in [1.807, 2.05) is 30.3 Å². The summed E-state index contributed by atoms with van der Waals surface area (Å²) in [6, 6.07) is 15.9. The minimum absolute atomic E-state index is 0. The zero-order chi connectivity index (χ0) is 13.9. The van der Waals surface area contributed by atoms with Gasteiger partial charge in [-0.05, 0) is 36.2 Å². The van der Waals surface area contributed by atoms with E-state index in [4.69, 9.17) is 15.7 Å². The molecule has 0 spiro atoms. The third-order valence-electron chi connectivity index (χ3n) is 3.81. The number of nitrogens with zero attached hydrogens (tertiary/aromatic N) is 1. The van der Waals surface area contributed by atoms with Crippen molar-refractivity contribution in [2.45, 2.75) is 12.3 Å². The molecule has 0 aliphatic carbocycles. The van der Waals surface area contributed by atoms with Gasteiger partial charge in [0.2, 0.25) is 0 Å². The van der Waals surface area contributed by atoms with Crippen molar-refractivity contribution in [3.05, 3.63) is 53.6 Å². The lowest BCUT2D eigenvalue weighted by Gasteiger charge is -2.26. The Balaban J connectivity index is 0.00000161. The van der Waals surface area contributed by atoms with Gasteiger partial charge in [0.05, 0.1) is 18.2 Å². The number of hydrogen-bond acceptors (Lipinski definition) is 3. The first-order valence-electron chi connectivity index (χ1n) is 6.80. The molecule has 2 aromatic carbocycles. The number of ether oxygens (including phenoxy) is 1. The Labute approximate surface area is 130 Å². The van der Waals surface area contributed by atoms with Gasteiger partial charge in [-0.3, -0.25) is 0 Å². The van der Waals surface area contributed by atoms with E-state index in [1.165, 1.54) is 5.56 Å². The predicted octanol–water partition coefficient (Wildman–Crippen LogP) is 3.47. The molecule has 0 bridgehead atoms. The van der Waals surface area contributed by atoms with Crippen LogP contribution >= 0.6 is 12.4 Å². The van der Waals surface area contributed by atoms with E-state index in [-0.39, 0.29) is 12.4 Å².